The highest BCUT2D eigenvalue weighted by Crippen LogP contribution is 2.27. The maximum atomic E-state index is 12.9. The highest BCUT2D eigenvalue weighted by Gasteiger charge is 2.25. The Bertz CT molecular complexity index is 1070. The van der Waals surface area contributed by atoms with Crippen LogP contribution in [0.2, 0.25) is 0 Å². The van der Waals surface area contributed by atoms with Gasteiger partial charge in [-0.2, -0.15) is 4.72 Å². The molecule has 0 aromatic heterocycles. The van der Waals surface area contributed by atoms with E-state index in [2.05, 4.69) is 4.72 Å². The minimum absolute atomic E-state index is 0.147. The number of nitrogens with one attached hydrogen (secondary N) is 1. The molecule has 3 aromatic carbocycles. The molecule has 0 aliphatic heterocycles. The average molecular weight is 382 g/mol. The second-order valence-electron chi connectivity index (χ2n) is 6.08. The molecule has 3 aromatic rings. The van der Waals surface area contributed by atoms with Gasteiger partial charge in [-0.05, 0) is 29.7 Å². The van der Waals surface area contributed by atoms with Crippen molar-refractivity contribution in [3.63, 3.8) is 0 Å². The molecule has 6 nitrogen and oxygen atoms in total. The van der Waals surface area contributed by atoms with E-state index in [1.807, 2.05) is 61.5 Å². The lowest BCUT2D eigenvalue weighted by atomic mass is 9.96. The normalized spacial score (nSPS) is 12.5. The van der Waals surface area contributed by atoms with E-state index in [4.69, 9.17) is 0 Å². The molecular weight excluding hydrogens is 364 g/mol. The highest BCUT2D eigenvalue weighted by atomic mass is 32.2. The van der Waals surface area contributed by atoms with Crippen molar-refractivity contribution in [2.45, 2.75) is 17.9 Å². The molecule has 7 heteroatoms. The fourth-order valence-corrected chi connectivity index (χ4v) is 4.10. The third kappa shape index (κ3) is 4.21. The van der Waals surface area contributed by atoms with E-state index in [1.54, 1.807) is 0 Å². The molecule has 0 aliphatic carbocycles. The Morgan fingerprint density at radius 2 is 1.59 bits per heavy atom. The number of sulfonamides is 1. The minimum atomic E-state index is -3.98. The Balaban J connectivity index is 2.05. The van der Waals surface area contributed by atoms with Gasteiger partial charge < -0.3 is 0 Å². The molecule has 0 bridgehead atoms. The number of hydrogen-bond acceptors (Lipinski definition) is 4. The van der Waals surface area contributed by atoms with Gasteiger partial charge >= 0.3 is 0 Å². The van der Waals surface area contributed by atoms with Crippen molar-refractivity contribution in [3.8, 4) is 0 Å². The number of benzene rings is 3. The topological polar surface area (TPSA) is 89.3 Å². The van der Waals surface area contributed by atoms with Crippen LogP contribution in [0.4, 0.5) is 5.69 Å². The lowest BCUT2D eigenvalue weighted by Gasteiger charge is -2.21. The molecule has 138 valence electrons. The van der Waals surface area contributed by atoms with E-state index >= 15 is 0 Å². The second kappa shape index (κ2) is 7.69. The van der Waals surface area contributed by atoms with Gasteiger partial charge in [0.1, 0.15) is 0 Å². The maximum absolute atomic E-state index is 12.9. The van der Waals surface area contributed by atoms with Gasteiger partial charge in [0.2, 0.25) is 10.0 Å². The molecule has 0 heterocycles. The van der Waals surface area contributed by atoms with Crippen molar-refractivity contribution in [1.29, 1.82) is 0 Å². The summed E-state index contributed by atoms with van der Waals surface area (Å²) in [5, 5.41) is 11.0. The Kier molecular flexibility index (Phi) is 5.34. The number of nitrogens with zero attached hydrogens (tertiary/aromatic N) is 1. The Hall–Kier alpha value is -3.03. The molecule has 0 saturated carbocycles. The first kappa shape index (κ1) is 18.8. The van der Waals surface area contributed by atoms with Gasteiger partial charge in [-0.25, -0.2) is 8.42 Å². The van der Waals surface area contributed by atoms with Crippen molar-refractivity contribution >= 4 is 15.7 Å². The Labute approximate surface area is 157 Å². The number of rotatable bonds is 6. The Morgan fingerprint density at radius 3 is 2.26 bits per heavy atom. The average Bonchev–Trinajstić information content (AvgIpc) is 2.67. The summed E-state index contributed by atoms with van der Waals surface area (Å²) in [5.41, 5.74) is 2.26. The zero-order valence-corrected chi connectivity index (χ0v) is 15.4. The molecule has 0 fully saturated rings. The molecule has 3 rings (SSSR count). The molecule has 27 heavy (non-hydrogen) atoms. The number of hydrogen-bond donors (Lipinski definition) is 1. The zero-order valence-electron chi connectivity index (χ0n) is 14.6. The summed E-state index contributed by atoms with van der Waals surface area (Å²) >= 11 is 0. The molecule has 0 aliphatic rings. The molecule has 0 saturated heterocycles. The molecular formula is C20H18N2O4S. The van der Waals surface area contributed by atoms with Gasteiger partial charge in [0.15, 0.2) is 0 Å². The Morgan fingerprint density at radius 1 is 0.926 bits per heavy atom. The zero-order chi connectivity index (χ0) is 19.4. The smallest absolute Gasteiger partial charge is 0.258 e. The summed E-state index contributed by atoms with van der Waals surface area (Å²) < 4.78 is 28.6. The van der Waals surface area contributed by atoms with Crippen LogP contribution < -0.4 is 4.72 Å². The van der Waals surface area contributed by atoms with E-state index in [0.29, 0.717) is 0 Å². The van der Waals surface area contributed by atoms with Crippen LogP contribution in [0.1, 0.15) is 22.7 Å². The molecule has 0 amide bonds. The summed E-state index contributed by atoms with van der Waals surface area (Å²) in [4.78, 5) is 10.2. The van der Waals surface area contributed by atoms with Crippen LogP contribution in [0.15, 0.2) is 83.8 Å². The summed E-state index contributed by atoms with van der Waals surface area (Å²) in [5.74, 6) is 0. The third-order valence-corrected chi connectivity index (χ3v) is 5.66. The van der Waals surface area contributed by atoms with E-state index < -0.39 is 21.0 Å². The summed E-state index contributed by atoms with van der Waals surface area (Å²) in [7, 11) is -3.98. The van der Waals surface area contributed by atoms with Crippen LogP contribution in [-0.4, -0.2) is 13.3 Å². The van der Waals surface area contributed by atoms with Crippen molar-refractivity contribution in [1.82, 2.24) is 4.72 Å². The van der Waals surface area contributed by atoms with Crippen LogP contribution in [0.25, 0.3) is 0 Å². The van der Waals surface area contributed by atoms with Crippen LogP contribution in [0.3, 0.4) is 0 Å². The molecule has 1 N–H and O–H groups in total. The van der Waals surface area contributed by atoms with Crippen LogP contribution in [-0.2, 0) is 10.0 Å². The van der Waals surface area contributed by atoms with Gasteiger partial charge in [-0.15, -0.1) is 0 Å². The van der Waals surface area contributed by atoms with Gasteiger partial charge in [0.05, 0.1) is 15.9 Å². The lowest BCUT2D eigenvalue weighted by Crippen LogP contribution is -2.30. The van der Waals surface area contributed by atoms with Crippen molar-refractivity contribution in [3.05, 3.63) is 106 Å². The van der Waals surface area contributed by atoms with Crippen LogP contribution >= 0.6 is 0 Å². The maximum Gasteiger partial charge on any atom is 0.270 e. The number of nitro groups is 1. The van der Waals surface area contributed by atoms with Gasteiger partial charge in [-0.3, -0.25) is 10.1 Å². The summed E-state index contributed by atoms with van der Waals surface area (Å²) in [6, 6.07) is 21.1. The first-order valence-electron chi connectivity index (χ1n) is 8.26. The van der Waals surface area contributed by atoms with E-state index in [1.165, 1.54) is 18.2 Å². The fraction of sp³-hybridized carbons (Fsp3) is 0.100. The fourth-order valence-electron chi connectivity index (χ4n) is 2.85. The van der Waals surface area contributed by atoms with Crippen LogP contribution in [0, 0.1) is 17.0 Å². The first-order valence-corrected chi connectivity index (χ1v) is 9.74. The van der Waals surface area contributed by atoms with Crippen molar-refractivity contribution in [2.24, 2.45) is 0 Å². The molecule has 1 atom stereocenters. The lowest BCUT2D eigenvalue weighted by molar-refractivity contribution is -0.385. The van der Waals surface area contributed by atoms with E-state index in [9.17, 15) is 18.5 Å². The standard InChI is InChI=1S/C20H18N2O4S/c1-15-8-5-6-13-19(15)20(16-9-3-2-4-10-16)21-27(25,26)18-12-7-11-17(14-18)22(23)24/h2-14,20-21H,1H3/t20-/m1/s1. The second-order valence-corrected chi connectivity index (χ2v) is 7.79. The van der Waals surface area contributed by atoms with Crippen molar-refractivity contribution < 1.29 is 13.3 Å². The van der Waals surface area contributed by atoms with Crippen molar-refractivity contribution in [2.75, 3.05) is 0 Å². The highest BCUT2D eigenvalue weighted by molar-refractivity contribution is 7.89. The van der Waals surface area contributed by atoms with Gasteiger partial charge in [0, 0.05) is 12.1 Å². The monoisotopic (exact) mass is 382 g/mol. The molecule has 0 spiro atoms. The summed E-state index contributed by atoms with van der Waals surface area (Å²) in [6.07, 6.45) is 0. The predicted octanol–water partition coefficient (Wildman–Crippen LogP) is 3.97. The van der Waals surface area contributed by atoms with Gasteiger partial charge in [-0.1, -0.05) is 60.7 Å². The number of non-ortho nitro benzene ring substituents is 1. The summed E-state index contributed by atoms with van der Waals surface area (Å²) in [6.45, 7) is 1.91. The quantitative estimate of drug-likeness (QED) is 0.516. The van der Waals surface area contributed by atoms with E-state index in [-0.39, 0.29) is 10.6 Å². The SMILES string of the molecule is Cc1ccccc1[C@H](NS(=O)(=O)c1cccc([N+](=O)[O-])c1)c1ccccc1. The largest absolute Gasteiger partial charge is 0.270 e. The molecule has 0 radical (unpaired) electrons. The minimum Gasteiger partial charge on any atom is -0.258 e. The third-order valence-electron chi connectivity index (χ3n) is 4.24. The predicted molar refractivity (Wildman–Crippen MR) is 103 cm³/mol. The van der Waals surface area contributed by atoms with Gasteiger partial charge in [0.25, 0.3) is 5.69 Å². The number of aryl methyl sites for hydroxylation is 1. The van der Waals surface area contributed by atoms with Crippen LogP contribution in [0.5, 0.6) is 0 Å². The number of nitro benzene ring substituents is 1. The van der Waals surface area contributed by atoms with E-state index in [0.717, 1.165) is 22.8 Å². The molecule has 0 unspecified atom stereocenters. The first-order chi connectivity index (χ1) is 12.9.